The number of rotatable bonds is 3. The molecule has 0 amide bonds. The summed E-state index contributed by atoms with van der Waals surface area (Å²) in [5, 5.41) is 0. The fourth-order valence-electron chi connectivity index (χ4n) is 3.35. The topological polar surface area (TPSA) is 29.3 Å². The molecule has 1 heterocycles. The number of nitrogens with two attached hydrogens (primary N) is 1. The fourth-order valence-corrected chi connectivity index (χ4v) is 3.35. The zero-order chi connectivity index (χ0) is 9.97. The van der Waals surface area contributed by atoms with Crippen LogP contribution in [-0.2, 0) is 0 Å². The highest BCUT2D eigenvalue weighted by Crippen LogP contribution is 2.32. The van der Waals surface area contributed by atoms with Crippen molar-refractivity contribution in [3.63, 3.8) is 0 Å². The predicted molar refractivity (Wildman–Crippen MR) is 60.2 cm³/mol. The molecule has 0 aromatic rings. The van der Waals surface area contributed by atoms with Crippen molar-refractivity contribution in [2.45, 2.75) is 57.5 Å². The Bertz CT molecular complexity index is 175. The molecular formula is C12H24N2. The molecule has 0 radical (unpaired) electrons. The summed E-state index contributed by atoms with van der Waals surface area (Å²) >= 11 is 0. The quantitative estimate of drug-likeness (QED) is 0.748. The molecule has 1 saturated carbocycles. The lowest BCUT2D eigenvalue weighted by Gasteiger charge is -2.31. The zero-order valence-electron chi connectivity index (χ0n) is 9.41. The third-order valence-electron chi connectivity index (χ3n) is 4.09. The fraction of sp³-hybridized carbons (Fsp3) is 1.00. The number of hydrogen-bond donors (Lipinski definition) is 1. The minimum atomic E-state index is 0.449. The molecule has 1 aliphatic carbocycles. The molecule has 2 atom stereocenters. The lowest BCUT2D eigenvalue weighted by molar-refractivity contribution is 0.168. The minimum absolute atomic E-state index is 0.449. The van der Waals surface area contributed by atoms with Crippen LogP contribution >= 0.6 is 0 Å². The first-order valence-corrected chi connectivity index (χ1v) is 6.31. The predicted octanol–water partition coefficient (Wildman–Crippen LogP) is 1.99. The second-order valence-corrected chi connectivity index (χ2v) is 5.06. The van der Waals surface area contributed by atoms with Crippen LogP contribution in [0.3, 0.4) is 0 Å². The van der Waals surface area contributed by atoms with Gasteiger partial charge in [-0.15, -0.1) is 0 Å². The van der Waals surface area contributed by atoms with Crippen molar-refractivity contribution in [1.82, 2.24) is 4.90 Å². The summed E-state index contributed by atoms with van der Waals surface area (Å²) in [5.74, 6) is 0.977. The molecule has 2 aliphatic rings. The van der Waals surface area contributed by atoms with E-state index in [1.165, 1.54) is 45.1 Å². The maximum atomic E-state index is 5.97. The first kappa shape index (κ1) is 10.4. The van der Waals surface area contributed by atoms with Gasteiger partial charge in [-0.3, -0.25) is 4.90 Å². The molecule has 2 unspecified atom stereocenters. The highest BCUT2D eigenvalue weighted by Gasteiger charge is 2.31. The van der Waals surface area contributed by atoms with Gasteiger partial charge in [-0.1, -0.05) is 19.8 Å². The normalized spacial score (nSPS) is 32.6. The van der Waals surface area contributed by atoms with Gasteiger partial charge in [0.25, 0.3) is 0 Å². The zero-order valence-corrected chi connectivity index (χ0v) is 9.41. The maximum Gasteiger partial charge on any atom is 0.0180 e. The largest absolute Gasteiger partial charge is 0.326 e. The summed E-state index contributed by atoms with van der Waals surface area (Å²) < 4.78 is 0. The standard InChI is InChI=1S/C12H24N2/c1-2-12(10-5-3-4-6-10)14-8-7-11(13)9-14/h10-12H,2-9,13H2,1H3. The molecule has 2 heteroatoms. The van der Waals surface area contributed by atoms with Crippen LogP contribution in [0.5, 0.6) is 0 Å². The second-order valence-electron chi connectivity index (χ2n) is 5.06. The Morgan fingerprint density at radius 3 is 2.50 bits per heavy atom. The Kier molecular flexibility index (Phi) is 3.45. The molecule has 2 nitrogen and oxygen atoms in total. The van der Waals surface area contributed by atoms with Gasteiger partial charge >= 0.3 is 0 Å². The molecule has 2 rings (SSSR count). The average molecular weight is 196 g/mol. The molecule has 82 valence electrons. The van der Waals surface area contributed by atoms with E-state index in [1.54, 1.807) is 0 Å². The van der Waals surface area contributed by atoms with E-state index < -0.39 is 0 Å². The van der Waals surface area contributed by atoms with Crippen LogP contribution in [0.1, 0.15) is 45.4 Å². The summed E-state index contributed by atoms with van der Waals surface area (Å²) in [7, 11) is 0. The Morgan fingerprint density at radius 2 is 2.00 bits per heavy atom. The van der Waals surface area contributed by atoms with Crippen molar-refractivity contribution < 1.29 is 0 Å². The van der Waals surface area contributed by atoms with E-state index in [9.17, 15) is 0 Å². The Morgan fingerprint density at radius 1 is 1.29 bits per heavy atom. The van der Waals surface area contributed by atoms with Crippen LogP contribution in [-0.4, -0.2) is 30.1 Å². The Balaban J connectivity index is 1.91. The van der Waals surface area contributed by atoms with E-state index >= 15 is 0 Å². The molecule has 2 N–H and O–H groups in total. The van der Waals surface area contributed by atoms with E-state index in [0.717, 1.165) is 18.5 Å². The van der Waals surface area contributed by atoms with Gasteiger partial charge < -0.3 is 5.73 Å². The van der Waals surface area contributed by atoms with E-state index in [0.29, 0.717) is 6.04 Å². The minimum Gasteiger partial charge on any atom is -0.326 e. The average Bonchev–Trinajstić information content (AvgIpc) is 2.79. The summed E-state index contributed by atoms with van der Waals surface area (Å²) in [4.78, 5) is 2.65. The smallest absolute Gasteiger partial charge is 0.0180 e. The SMILES string of the molecule is CCC(C1CCCC1)N1CCC(N)C1. The molecule has 0 bridgehead atoms. The monoisotopic (exact) mass is 196 g/mol. The third-order valence-corrected chi connectivity index (χ3v) is 4.09. The van der Waals surface area contributed by atoms with Gasteiger partial charge in [-0.05, 0) is 31.6 Å². The second kappa shape index (κ2) is 4.63. The van der Waals surface area contributed by atoms with E-state index in [1.807, 2.05) is 0 Å². The van der Waals surface area contributed by atoms with E-state index in [-0.39, 0.29) is 0 Å². The van der Waals surface area contributed by atoms with Crippen molar-refractivity contribution in [2.75, 3.05) is 13.1 Å². The molecule has 2 fully saturated rings. The number of likely N-dealkylation sites (tertiary alicyclic amines) is 1. The van der Waals surface area contributed by atoms with Crippen LogP contribution < -0.4 is 5.73 Å². The van der Waals surface area contributed by atoms with Gasteiger partial charge in [0.05, 0.1) is 0 Å². The van der Waals surface area contributed by atoms with Crippen molar-refractivity contribution in [1.29, 1.82) is 0 Å². The van der Waals surface area contributed by atoms with Crippen molar-refractivity contribution in [3.8, 4) is 0 Å². The van der Waals surface area contributed by atoms with Crippen LogP contribution in [0.25, 0.3) is 0 Å². The molecule has 14 heavy (non-hydrogen) atoms. The Labute approximate surface area is 87.8 Å². The molecule has 0 spiro atoms. The van der Waals surface area contributed by atoms with Crippen LogP contribution in [0.15, 0.2) is 0 Å². The highest BCUT2D eigenvalue weighted by molar-refractivity contribution is 4.88. The molecule has 0 aromatic carbocycles. The molecule has 0 aromatic heterocycles. The molecular weight excluding hydrogens is 172 g/mol. The van der Waals surface area contributed by atoms with Crippen LogP contribution in [0.2, 0.25) is 0 Å². The highest BCUT2D eigenvalue weighted by atomic mass is 15.2. The lowest BCUT2D eigenvalue weighted by Crippen LogP contribution is -2.39. The number of nitrogens with zero attached hydrogens (tertiary/aromatic N) is 1. The van der Waals surface area contributed by atoms with Gasteiger partial charge in [0.2, 0.25) is 0 Å². The lowest BCUT2D eigenvalue weighted by atomic mass is 9.95. The Hall–Kier alpha value is -0.0800. The van der Waals surface area contributed by atoms with Crippen LogP contribution in [0, 0.1) is 5.92 Å². The molecule has 1 saturated heterocycles. The van der Waals surface area contributed by atoms with Gasteiger partial charge in [0.15, 0.2) is 0 Å². The van der Waals surface area contributed by atoms with Crippen LogP contribution in [0.4, 0.5) is 0 Å². The van der Waals surface area contributed by atoms with Crippen molar-refractivity contribution in [3.05, 3.63) is 0 Å². The van der Waals surface area contributed by atoms with Gasteiger partial charge in [-0.2, -0.15) is 0 Å². The summed E-state index contributed by atoms with van der Waals surface area (Å²) in [6.07, 6.45) is 8.37. The van der Waals surface area contributed by atoms with Gasteiger partial charge in [-0.25, -0.2) is 0 Å². The van der Waals surface area contributed by atoms with E-state index in [4.69, 9.17) is 5.73 Å². The summed E-state index contributed by atoms with van der Waals surface area (Å²) in [5.41, 5.74) is 5.97. The summed E-state index contributed by atoms with van der Waals surface area (Å²) in [6.45, 7) is 4.73. The maximum absolute atomic E-state index is 5.97. The van der Waals surface area contributed by atoms with Gasteiger partial charge in [0, 0.05) is 25.2 Å². The first-order valence-electron chi connectivity index (χ1n) is 6.31. The van der Waals surface area contributed by atoms with Crippen molar-refractivity contribution >= 4 is 0 Å². The number of hydrogen-bond acceptors (Lipinski definition) is 2. The summed E-state index contributed by atoms with van der Waals surface area (Å²) in [6, 6.07) is 1.29. The molecule has 1 aliphatic heterocycles. The van der Waals surface area contributed by atoms with Crippen molar-refractivity contribution in [2.24, 2.45) is 11.7 Å². The third kappa shape index (κ3) is 2.12. The van der Waals surface area contributed by atoms with E-state index in [2.05, 4.69) is 11.8 Å². The first-order chi connectivity index (χ1) is 6.81. The van der Waals surface area contributed by atoms with Gasteiger partial charge in [0.1, 0.15) is 0 Å².